The van der Waals surface area contributed by atoms with Crippen molar-refractivity contribution in [3.63, 3.8) is 0 Å². The van der Waals surface area contributed by atoms with Crippen molar-refractivity contribution in [3.05, 3.63) is 84.1 Å². The SMILES string of the molecule is CCNC(=O)[C@@H]1CCCN1C(=O)[C@H](CCCN=C(N)N)NC(=O)[C@H](CC(C)C)NC(=O)[C@@H](CCCN=C(N)N)NC(=O)[C@H](Cc1ccc(O)cc1)NC(=O)[C@H](CO)NC(=O)[C@H](Cc1c[nH]c2ccccc12)NC(=O)[C@H](Cc1cnc[nH]1)NC(=O)[C@@H]1CCC(=O)N1. The fourth-order valence-electron chi connectivity index (χ4n) is 10.6. The molecule has 90 heavy (non-hydrogen) atoms. The van der Waals surface area contributed by atoms with E-state index in [1.165, 1.54) is 41.7 Å². The second-order valence-corrected chi connectivity index (χ2v) is 22.6. The minimum atomic E-state index is -1.79. The van der Waals surface area contributed by atoms with Crippen molar-refractivity contribution in [3.8, 4) is 5.75 Å². The van der Waals surface area contributed by atoms with Gasteiger partial charge < -0.3 is 95.9 Å². The Hall–Kier alpha value is -9.81. The molecule has 0 unspecified atom stereocenters. The number of para-hydroxylation sites is 1. The number of nitrogens with zero attached hydrogens (tertiary/aromatic N) is 4. The highest BCUT2D eigenvalue weighted by molar-refractivity contribution is 5.99. The quantitative estimate of drug-likeness (QED) is 0.0123. The molecule has 0 spiro atoms. The van der Waals surface area contributed by atoms with Crippen molar-refractivity contribution >= 4 is 81.9 Å². The molecule has 31 nitrogen and oxygen atoms in total. The number of imidazole rings is 1. The number of nitrogens with one attached hydrogen (secondary N) is 11. The van der Waals surface area contributed by atoms with E-state index in [9.17, 15) is 58.2 Å². The first kappa shape index (κ1) is 69.3. The minimum absolute atomic E-state index is 0.00225. The van der Waals surface area contributed by atoms with Gasteiger partial charge in [0, 0.05) is 80.9 Å². The Kier molecular flexibility index (Phi) is 26.2. The van der Waals surface area contributed by atoms with Gasteiger partial charge in [0.2, 0.25) is 59.1 Å². The fraction of sp³-hybridized carbons (Fsp3) is 0.508. The van der Waals surface area contributed by atoms with E-state index in [1.807, 2.05) is 0 Å². The molecule has 2 fully saturated rings. The molecular formula is C59H85N19O12. The number of H-pyrrole nitrogens is 2. The Balaban J connectivity index is 1.25. The smallest absolute Gasteiger partial charge is 0.245 e. The number of aliphatic imine (C=N–C) groups is 2. The predicted molar refractivity (Wildman–Crippen MR) is 331 cm³/mol. The maximum atomic E-state index is 14.8. The number of phenols is 1. The van der Waals surface area contributed by atoms with Gasteiger partial charge in [0.25, 0.3) is 0 Å². The van der Waals surface area contributed by atoms with Crippen LogP contribution in [-0.4, -0.2) is 188 Å². The van der Waals surface area contributed by atoms with Gasteiger partial charge in [-0.2, -0.15) is 0 Å². The molecule has 0 saturated carbocycles. The standard InChI is InChI=1S/C59H85N19O12/c1-4-65-56(89)47-14-9-23-78(47)57(90)41(13-8-22-67-59(62)63)72-51(84)42(24-32(2)3)73-49(82)39(12-7-21-66-58(60)61)71-52(85)43(25-33-15-17-36(80)18-16-33)74-55(88)46(30-79)77-53(86)44(26-34-28-68-38-11-6-5-10-37(34)38)75-54(87)45(27-35-29-64-31-69-35)76-50(83)40-19-20-48(81)70-40/h5-6,10-11,15-18,28-29,31-32,39-47,68,79-80H,4,7-9,12-14,19-27,30H2,1-3H3,(H,64,69)(H,65,89)(H,70,81)(H,71,85)(H,72,84)(H,73,82)(H,74,88)(H,75,87)(H,76,83)(H,77,86)(H4,60,61,66)(H4,62,63,67)/t39-,40+,41+,42+,43+,44+,45+,46+,47+/m1/s1. The first-order chi connectivity index (χ1) is 43.0. The average Bonchev–Trinajstić information content (AvgIpc) is 2.17. The van der Waals surface area contributed by atoms with Crippen LogP contribution in [0, 0.1) is 5.92 Å². The van der Waals surface area contributed by atoms with Crippen LogP contribution in [0.1, 0.15) is 95.4 Å². The molecule has 2 aliphatic rings. The second-order valence-electron chi connectivity index (χ2n) is 22.6. The molecule has 0 aliphatic carbocycles. The van der Waals surface area contributed by atoms with Crippen LogP contribution in [0.2, 0.25) is 0 Å². The van der Waals surface area contributed by atoms with Gasteiger partial charge in [-0.15, -0.1) is 0 Å². The number of likely N-dealkylation sites (tertiary alicyclic amines) is 1. The average molecular weight is 1250 g/mol. The van der Waals surface area contributed by atoms with E-state index in [0.717, 1.165) is 0 Å². The number of fused-ring (bicyclic) bond motifs is 1. The summed E-state index contributed by atoms with van der Waals surface area (Å²) in [7, 11) is 0. The lowest BCUT2D eigenvalue weighted by molar-refractivity contribution is -0.142. The first-order valence-electron chi connectivity index (χ1n) is 30.1. The molecule has 6 rings (SSSR count). The van der Waals surface area contributed by atoms with E-state index in [1.54, 1.807) is 51.2 Å². The molecule has 21 N–H and O–H groups in total. The zero-order valence-corrected chi connectivity index (χ0v) is 50.7. The van der Waals surface area contributed by atoms with Crippen LogP contribution in [-0.2, 0) is 67.2 Å². The highest BCUT2D eigenvalue weighted by atomic mass is 16.3. The molecule has 2 saturated heterocycles. The van der Waals surface area contributed by atoms with Crippen molar-refractivity contribution in [2.24, 2.45) is 38.8 Å². The molecule has 2 aromatic carbocycles. The molecule has 9 atom stereocenters. The molecule has 0 radical (unpaired) electrons. The van der Waals surface area contributed by atoms with Gasteiger partial charge in [-0.3, -0.25) is 57.9 Å². The van der Waals surface area contributed by atoms with Gasteiger partial charge in [-0.25, -0.2) is 4.98 Å². The fourth-order valence-corrected chi connectivity index (χ4v) is 10.6. The van der Waals surface area contributed by atoms with Gasteiger partial charge in [0.15, 0.2) is 11.9 Å². The number of hydrogen-bond acceptors (Lipinski definition) is 15. The number of carbonyl (C=O) groups is 10. The van der Waals surface area contributed by atoms with E-state index in [4.69, 9.17) is 22.9 Å². The van der Waals surface area contributed by atoms with Crippen LogP contribution in [0.3, 0.4) is 0 Å². The molecule has 4 aromatic rings. The van der Waals surface area contributed by atoms with Gasteiger partial charge in [-0.1, -0.05) is 44.2 Å². The summed E-state index contributed by atoms with van der Waals surface area (Å²) in [6, 6.07) is 1.03. The highest BCUT2D eigenvalue weighted by Gasteiger charge is 2.40. The normalized spacial score (nSPS) is 16.8. The van der Waals surface area contributed by atoms with E-state index < -0.39 is 108 Å². The predicted octanol–water partition coefficient (Wildman–Crippen LogP) is -3.43. The number of aliphatic hydroxyl groups excluding tert-OH is 1. The largest absolute Gasteiger partial charge is 0.508 e. The van der Waals surface area contributed by atoms with Gasteiger partial charge in [0.1, 0.15) is 60.1 Å². The molecule has 488 valence electrons. The summed E-state index contributed by atoms with van der Waals surface area (Å²) in [4.78, 5) is 160. The summed E-state index contributed by atoms with van der Waals surface area (Å²) in [6.45, 7) is 5.05. The lowest BCUT2D eigenvalue weighted by Crippen LogP contribution is -2.61. The van der Waals surface area contributed by atoms with Crippen molar-refractivity contribution in [2.45, 2.75) is 152 Å². The van der Waals surface area contributed by atoms with Crippen LogP contribution in [0.15, 0.2) is 77.2 Å². The number of amides is 10. The van der Waals surface area contributed by atoms with Crippen molar-refractivity contribution in [1.82, 2.24) is 67.7 Å². The molecule has 2 aliphatic heterocycles. The summed E-state index contributed by atoms with van der Waals surface area (Å²) in [5, 5.41) is 45.7. The lowest BCUT2D eigenvalue weighted by Gasteiger charge is -2.30. The summed E-state index contributed by atoms with van der Waals surface area (Å²) in [5.41, 5.74) is 24.4. The monoisotopic (exact) mass is 1250 g/mol. The number of benzene rings is 2. The van der Waals surface area contributed by atoms with Crippen LogP contribution in [0.5, 0.6) is 5.75 Å². The van der Waals surface area contributed by atoms with Crippen LogP contribution in [0.25, 0.3) is 10.9 Å². The number of nitrogens with two attached hydrogens (primary N) is 4. The van der Waals surface area contributed by atoms with Gasteiger partial charge >= 0.3 is 0 Å². The molecule has 10 amide bonds. The third-order valence-electron chi connectivity index (χ3n) is 15.1. The van der Waals surface area contributed by atoms with E-state index >= 15 is 0 Å². The summed E-state index contributed by atoms with van der Waals surface area (Å²) in [6.07, 6.45) is 5.45. The van der Waals surface area contributed by atoms with Crippen LogP contribution < -0.4 is 70.8 Å². The minimum Gasteiger partial charge on any atom is -0.508 e. The Labute approximate surface area is 519 Å². The third kappa shape index (κ3) is 20.9. The van der Waals surface area contributed by atoms with Crippen molar-refractivity contribution in [1.29, 1.82) is 0 Å². The third-order valence-corrected chi connectivity index (χ3v) is 15.1. The first-order valence-corrected chi connectivity index (χ1v) is 30.1. The maximum absolute atomic E-state index is 14.8. The number of phenolic OH excluding ortho intramolecular Hbond substituents is 1. The number of aromatic amines is 2. The molecular weight excluding hydrogens is 1170 g/mol. The van der Waals surface area contributed by atoms with Crippen molar-refractivity contribution < 1.29 is 58.2 Å². The summed E-state index contributed by atoms with van der Waals surface area (Å²) < 4.78 is 0. The van der Waals surface area contributed by atoms with Crippen LogP contribution in [0.4, 0.5) is 0 Å². The number of likely N-dealkylation sites (N-methyl/N-ethyl adjacent to an activating group) is 1. The van der Waals surface area contributed by atoms with Crippen molar-refractivity contribution in [2.75, 3.05) is 32.8 Å². The molecule has 2 aromatic heterocycles. The number of guanidine groups is 2. The van der Waals surface area contributed by atoms with Crippen LogP contribution >= 0.6 is 0 Å². The van der Waals surface area contributed by atoms with E-state index in [2.05, 4.69) is 72.8 Å². The number of hydrogen-bond donors (Lipinski definition) is 17. The zero-order chi connectivity index (χ0) is 65.4. The number of aromatic hydroxyl groups is 1. The Morgan fingerprint density at radius 3 is 1.84 bits per heavy atom. The lowest BCUT2D eigenvalue weighted by atomic mass is 10.00. The molecule has 4 heterocycles. The number of rotatable bonds is 34. The zero-order valence-electron chi connectivity index (χ0n) is 50.7. The van der Waals surface area contributed by atoms with E-state index in [-0.39, 0.29) is 119 Å². The Bertz CT molecular complexity index is 3180. The summed E-state index contributed by atoms with van der Waals surface area (Å²) >= 11 is 0. The highest BCUT2D eigenvalue weighted by Crippen LogP contribution is 2.22. The Morgan fingerprint density at radius 1 is 0.678 bits per heavy atom. The number of carbonyl (C=O) groups excluding carboxylic acids is 10. The Morgan fingerprint density at radius 2 is 1.24 bits per heavy atom. The number of aromatic nitrogens is 3. The van der Waals surface area contributed by atoms with Gasteiger partial charge in [-0.05, 0) is 93.5 Å². The topological polar surface area (TPSA) is 496 Å². The van der Waals surface area contributed by atoms with Gasteiger partial charge in [0.05, 0.1) is 12.9 Å². The maximum Gasteiger partial charge on any atom is 0.245 e. The molecule has 0 bridgehead atoms. The van der Waals surface area contributed by atoms with E-state index in [0.29, 0.717) is 47.1 Å². The second kappa shape index (κ2) is 34.1. The summed E-state index contributed by atoms with van der Waals surface area (Å²) in [5.74, 6) is -8.00. The molecule has 31 heteroatoms. The number of aliphatic hydroxyl groups is 1.